The quantitative estimate of drug-likeness (QED) is 0.554. The van der Waals surface area contributed by atoms with E-state index in [-0.39, 0.29) is 12.6 Å². The van der Waals surface area contributed by atoms with Crippen LogP contribution in [-0.4, -0.2) is 51.7 Å². The molecule has 168 valence electrons. The van der Waals surface area contributed by atoms with E-state index in [1.807, 2.05) is 30.9 Å². The number of carbonyl (C=O) groups excluding carboxylic acids is 1. The molecule has 32 heavy (non-hydrogen) atoms. The Balaban J connectivity index is 1.30. The van der Waals surface area contributed by atoms with Gasteiger partial charge in [-0.25, -0.2) is 4.68 Å². The van der Waals surface area contributed by atoms with Crippen molar-refractivity contribution in [2.45, 2.75) is 34.0 Å². The average Bonchev–Trinajstić information content (AvgIpc) is 3.26. The van der Waals surface area contributed by atoms with Crippen LogP contribution in [0.4, 0.5) is 0 Å². The second-order valence-corrected chi connectivity index (χ2v) is 8.76. The number of benzene rings is 2. The third kappa shape index (κ3) is 5.14. The molecule has 0 radical (unpaired) electrons. The van der Waals surface area contributed by atoms with Crippen LogP contribution in [0, 0.1) is 20.8 Å². The molecule has 7 heteroatoms. The van der Waals surface area contributed by atoms with Crippen molar-refractivity contribution in [2.24, 2.45) is 0 Å². The van der Waals surface area contributed by atoms with E-state index in [9.17, 15) is 4.79 Å². The van der Waals surface area contributed by atoms with Gasteiger partial charge in [-0.15, -0.1) is 0 Å². The van der Waals surface area contributed by atoms with Gasteiger partial charge >= 0.3 is 0 Å². The highest BCUT2D eigenvalue weighted by molar-refractivity contribution is 6.32. The van der Waals surface area contributed by atoms with Crippen LogP contribution in [0.1, 0.15) is 32.7 Å². The average molecular weight is 453 g/mol. The minimum atomic E-state index is -0.0301. The monoisotopic (exact) mass is 452 g/mol. The summed E-state index contributed by atoms with van der Waals surface area (Å²) >= 11 is 6.22. The third-order valence-corrected chi connectivity index (χ3v) is 6.54. The molecule has 1 aromatic heterocycles. The van der Waals surface area contributed by atoms with Crippen molar-refractivity contribution >= 4 is 17.5 Å². The van der Waals surface area contributed by atoms with Crippen LogP contribution in [0.15, 0.2) is 48.7 Å². The maximum atomic E-state index is 12.9. The van der Waals surface area contributed by atoms with E-state index in [1.165, 1.54) is 11.1 Å². The molecule has 0 unspecified atom stereocenters. The summed E-state index contributed by atoms with van der Waals surface area (Å²) in [6, 6.07) is 14.0. The van der Waals surface area contributed by atoms with Gasteiger partial charge < -0.3 is 9.64 Å². The van der Waals surface area contributed by atoms with Crippen molar-refractivity contribution in [3.8, 4) is 5.75 Å². The van der Waals surface area contributed by atoms with Gasteiger partial charge in [-0.2, -0.15) is 5.10 Å². The SMILES string of the molecule is Cc1ccccc1CN1CCN(C(=O)c2ccn(COc3cc(C)c(Cl)c(C)c3)n2)CC1. The lowest BCUT2D eigenvalue weighted by atomic mass is 10.1. The van der Waals surface area contributed by atoms with E-state index in [0.717, 1.165) is 41.5 Å². The van der Waals surface area contributed by atoms with E-state index in [0.29, 0.717) is 18.8 Å². The summed E-state index contributed by atoms with van der Waals surface area (Å²) in [5.74, 6) is 0.704. The second-order valence-electron chi connectivity index (χ2n) is 8.38. The van der Waals surface area contributed by atoms with Crippen LogP contribution in [0.5, 0.6) is 5.75 Å². The number of piperazine rings is 1. The summed E-state index contributed by atoms with van der Waals surface area (Å²) in [6.45, 7) is 10.3. The first-order chi connectivity index (χ1) is 15.4. The minimum absolute atomic E-state index is 0.0301. The Hall–Kier alpha value is -2.83. The van der Waals surface area contributed by atoms with Gasteiger partial charge in [-0.05, 0) is 61.2 Å². The number of halogens is 1. The van der Waals surface area contributed by atoms with Crippen molar-refractivity contribution in [1.82, 2.24) is 19.6 Å². The Morgan fingerprint density at radius 1 is 1.00 bits per heavy atom. The summed E-state index contributed by atoms with van der Waals surface area (Å²) in [6.07, 6.45) is 1.78. The van der Waals surface area contributed by atoms with Crippen molar-refractivity contribution in [2.75, 3.05) is 26.2 Å². The van der Waals surface area contributed by atoms with Crippen LogP contribution in [-0.2, 0) is 13.3 Å². The summed E-state index contributed by atoms with van der Waals surface area (Å²) in [7, 11) is 0. The molecular weight excluding hydrogens is 424 g/mol. The second kappa shape index (κ2) is 9.76. The molecule has 0 aliphatic carbocycles. The van der Waals surface area contributed by atoms with Gasteiger partial charge in [-0.1, -0.05) is 35.9 Å². The Labute approximate surface area is 194 Å². The zero-order valence-corrected chi connectivity index (χ0v) is 19.6. The fraction of sp³-hybridized carbons (Fsp3) is 0.360. The van der Waals surface area contributed by atoms with Crippen molar-refractivity contribution in [1.29, 1.82) is 0 Å². The number of aromatic nitrogens is 2. The Bertz CT molecular complexity index is 1080. The first kappa shape index (κ1) is 22.4. The van der Waals surface area contributed by atoms with Crippen LogP contribution in [0.2, 0.25) is 5.02 Å². The zero-order valence-electron chi connectivity index (χ0n) is 18.8. The molecule has 2 heterocycles. The number of hydrogen-bond acceptors (Lipinski definition) is 4. The highest BCUT2D eigenvalue weighted by Crippen LogP contribution is 2.26. The number of carbonyl (C=O) groups is 1. The van der Waals surface area contributed by atoms with E-state index < -0.39 is 0 Å². The smallest absolute Gasteiger partial charge is 0.274 e. The lowest BCUT2D eigenvalue weighted by molar-refractivity contribution is 0.0620. The molecule has 0 N–H and O–H groups in total. The van der Waals surface area contributed by atoms with Gasteiger partial charge in [0, 0.05) is 43.9 Å². The highest BCUT2D eigenvalue weighted by atomic mass is 35.5. The molecule has 0 spiro atoms. The standard InChI is InChI=1S/C25H29ClN4O2/c1-18-6-4-5-7-21(18)16-28-10-12-29(13-11-28)25(31)23-8-9-30(27-23)17-32-22-14-19(2)24(26)20(3)15-22/h4-9,14-15H,10-13,16-17H2,1-3H3. The predicted molar refractivity (Wildman–Crippen MR) is 126 cm³/mol. The number of rotatable bonds is 6. The van der Waals surface area contributed by atoms with Gasteiger partial charge in [-0.3, -0.25) is 9.69 Å². The van der Waals surface area contributed by atoms with Crippen LogP contribution < -0.4 is 4.74 Å². The normalized spacial score (nSPS) is 14.6. The summed E-state index contributed by atoms with van der Waals surface area (Å²) in [5.41, 5.74) is 5.04. The number of ether oxygens (including phenoxy) is 1. The van der Waals surface area contributed by atoms with Crippen molar-refractivity contribution in [3.63, 3.8) is 0 Å². The summed E-state index contributed by atoms with van der Waals surface area (Å²) in [5, 5.41) is 5.18. The molecule has 1 saturated heterocycles. The molecule has 1 aliphatic heterocycles. The van der Waals surface area contributed by atoms with Gasteiger partial charge in [0.1, 0.15) is 5.75 Å². The summed E-state index contributed by atoms with van der Waals surface area (Å²) < 4.78 is 7.48. The van der Waals surface area contributed by atoms with Gasteiger partial charge in [0.2, 0.25) is 0 Å². The largest absolute Gasteiger partial charge is 0.471 e. The van der Waals surface area contributed by atoms with Crippen LogP contribution in [0.25, 0.3) is 0 Å². The molecular formula is C25H29ClN4O2. The third-order valence-electron chi connectivity index (χ3n) is 5.95. The highest BCUT2D eigenvalue weighted by Gasteiger charge is 2.24. The first-order valence-electron chi connectivity index (χ1n) is 10.9. The number of hydrogen-bond donors (Lipinski definition) is 0. The van der Waals surface area contributed by atoms with E-state index >= 15 is 0 Å². The minimum Gasteiger partial charge on any atom is -0.471 e. The molecule has 1 amide bonds. The topological polar surface area (TPSA) is 50.6 Å². The molecule has 1 aliphatic rings. The molecule has 4 rings (SSSR count). The van der Waals surface area contributed by atoms with E-state index in [4.69, 9.17) is 16.3 Å². The maximum Gasteiger partial charge on any atom is 0.274 e. The molecule has 0 atom stereocenters. The van der Waals surface area contributed by atoms with Gasteiger partial charge in [0.15, 0.2) is 12.4 Å². The van der Waals surface area contributed by atoms with Gasteiger partial charge in [0.05, 0.1) is 0 Å². The van der Waals surface area contributed by atoms with Crippen LogP contribution >= 0.6 is 11.6 Å². The summed E-state index contributed by atoms with van der Waals surface area (Å²) in [4.78, 5) is 17.2. The molecule has 3 aromatic rings. The number of amides is 1. The Morgan fingerprint density at radius 3 is 2.38 bits per heavy atom. The van der Waals surface area contributed by atoms with E-state index in [1.54, 1.807) is 16.9 Å². The Kier molecular flexibility index (Phi) is 6.82. The Morgan fingerprint density at radius 2 is 1.69 bits per heavy atom. The first-order valence-corrected chi connectivity index (χ1v) is 11.3. The predicted octanol–water partition coefficient (Wildman–Crippen LogP) is 4.46. The fourth-order valence-corrected chi connectivity index (χ4v) is 4.09. The lowest BCUT2D eigenvalue weighted by Gasteiger charge is -2.34. The number of nitrogens with zero attached hydrogens (tertiary/aromatic N) is 4. The van der Waals surface area contributed by atoms with Gasteiger partial charge in [0.25, 0.3) is 5.91 Å². The zero-order chi connectivity index (χ0) is 22.7. The molecule has 6 nitrogen and oxygen atoms in total. The van der Waals surface area contributed by atoms with Crippen molar-refractivity contribution < 1.29 is 9.53 Å². The molecule has 0 bridgehead atoms. The maximum absolute atomic E-state index is 12.9. The van der Waals surface area contributed by atoms with E-state index in [2.05, 4.69) is 41.2 Å². The fourth-order valence-electron chi connectivity index (χ4n) is 3.98. The molecule has 2 aromatic carbocycles. The molecule has 0 saturated carbocycles. The van der Waals surface area contributed by atoms with Crippen molar-refractivity contribution in [3.05, 3.63) is 81.6 Å². The van der Waals surface area contributed by atoms with Crippen LogP contribution in [0.3, 0.4) is 0 Å². The number of aryl methyl sites for hydroxylation is 3. The lowest BCUT2D eigenvalue weighted by Crippen LogP contribution is -2.48. The molecule has 1 fully saturated rings.